The lowest BCUT2D eigenvalue weighted by molar-refractivity contribution is -0.137. The van der Waals surface area contributed by atoms with Gasteiger partial charge in [-0.25, -0.2) is 0 Å². The van der Waals surface area contributed by atoms with Crippen LogP contribution in [0.15, 0.2) is 6.07 Å². The second-order valence-electron chi connectivity index (χ2n) is 5.42. The van der Waals surface area contributed by atoms with Crippen molar-refractivity contribution in [3.8, 4) is 0 Å². The Morgan fingerprint density at radius 1 is 1.20 bits per heavy atom. The zero-order valence-corrected chi connectivity index (χ0v) is 11.3. The fourth-order valence-corrected chi connectivity index (χ4v) is 3.34. The number of rotatable bonds is 2. The van der Waals surface area contributed by atoms with E-state index >= 15 is 0 Å². The molecule has 2 fully saturated rings. The van der Waals surface area contributed by atoms with Gasteiger partial charge in [0.25, 0.3) is 0 Å². The van der Waals surface area contributed by atoms with Crippen LogP contribution in [-0.4, -0.2) is 29.3 Å². The lowest BCUT2D eigenvalue weighted by Gasteiger charge is -2.15. The van der Waals surface area contributed by atoms with E-state index in [0.29, 0.717) is 11.8 Å². The predicted molar refractivity (Wildman–Crippen MR) is 68.5 cm³/mol. The van der Waals surface area contributed by atoms with Gasteiger partial charge in [-0.05, 0) is 43.8 Å². The van der Waals surface area contributed by atoms with Crippen LogP contribution in [0.3, 0.4) is 0 Å². The third kappa shape index (κ3) is 2.69. The number of anilines is 1. The second-order valence-corrected chi connectivity index (χ2v) is 5.78. The predicted octanol–water partition coefficient (Wildman–Crippen LogP) is 2.56. The van der Waals surface area contributed by atoms with Crippen LogP contribution in [-0.2, 0) is 6.18 Å². The first-order chi connectivity index (χ1) is 9.43. The molecule has 2 N–H and O–H groups in total. The molecule has 1 aliphatic carbocycles. The fourth-order valence-electron chi connectivity index (χ4n) is 3.14. The third-order valence-corrected chi connectivity index (χ3v) is 4.34. The first-order valence-electron chi connectivity index (χ1n) is 6.51. The molecule has 1 saturated heterocycles. The summed E-state index contributed by atoms with van der Waals surface area (Å²) in [5, 5.41) is 12.8. The van der Waals surface area contributed by atoms with Crippen molar-refractivity contribution in [2.75, 3.05) is 18.4 Å². The maximum absolute atomic E-state index is 12.7. The Labute approximate surface area is 119 Å². The molecule has 20 heavy (non-hydrogen) atoms. The molecule has 110 valence electrons. The minimum Gasteiger partial charge on any atom is -0.366 e. The number of aromatic nitrogens is 2. The van der Waals surface area contributed by atoms with Gasteiger partial charge in [-0.2, -0.15) is 13.2 Å². The minimum atomic E-state index is -4.51. The van der Waals surface area contributed by atoms with Gasteiger partial charge in [0.05, 0.1) is 5.56 Å². The minimum absolute atomic E-state index is 0.139. The van der Waals surface area contributed by atoms with Crippen molar-refractivity contribution in [2.24, 2.45) is 11.8 Å². The van der Waals surface area contributed by atoms with Crippen LogP contribution in [0.5, 0.6) is 0 Å². The number of hydrogen-bond acceptors (Lipinski definition) is 4. The highest BCUT2D eigenvalue weighted by atomic mass is 35.5. The average molecular weight is 307 g/mol. The zero-order valence-electron chi connectivity index (χ0n) is 10.5. The van der Waals surface area contributed by atoms with Gasteiger partial charge in [-0.1, -0.05) is 11.6 Å². The van der Waals surface area contributed by atoms with Crippen molar-refractivity contribution in [2.45, 2.75) is 25.1 Å². The summed E-state index contributed by atoms with van der Waals surface area (Å²) in [5.74, 6) is 1.35. The Bertz CT molecular complexity index is 496. The number of halogens is 4. The van der Waals surface area contributed by atoms with Crippen LogP contribution >= 0.6 is 11.6 Å². The van der Waals surface area contributed by atoms with Gasteiger partial charge in [0.1, 0.15) is 5.82 Å². The van der Waals surface area contributed by atoms with Crippen molar-refractivity contribution >= 4 is 17.4 Å². The summed E-state index contributed by atoms with van der Waals surface area (Å²) in [7, 11) is 0. The van der Waals surface area contributed by atoms with Crippen LogP contribution in [0.4, 0.5) is 19.0 Å². The molecule has 0 aromatic carbocycles. The molecular weight excluding hydrogens is 293 g/mol. The number of nitrogens with one attached hydrogen (secondary N) is 2. The molecule has 4 nitrogen and oxygen atoms in total. The van der Waals surface area contributed by atoms with E-state index in [9.17, 15) is 13.2 Å². The Morgan fingerprint density at radius 3 is 2.45 bits per heavy atom. The molecule has 1 aromatic rings. The molecule has 2 unspecified atom stereocenters. The molecule has 0 bridgehead atoms. The molecule has 1 aliphatic heterocycles. The topological polar surface area (TPSA) is 49.8 Å². The molecular formula is C12H14ClF3N4. The molecule has 0 amide bonds. The summed E-state index contributed by atoms with van der Waals surface area (Å²) in [4.78, 5) is 0. The first-order valence-corrected chi connectivity index (χ1v) is 6.89. The summed E-state index contributed by atoms with van der Waals surface area (Å²) in [6, 6.07) is 1.09. The van der Waals surface area contributed by atoms with E-state index in [4.69, 9.17) is 11.6 Å². The SMILES string of the molecule is FC(F)(F)c1cc(NC2CC3CNC[C@H]3C2)nnc1Cl. The lowest BCUT2D eigenvalue weighted by atomic mass is 10.0. The van der Waals surface area contributed by atoms with Crippen LogP contribution in [0.2, 0.25) is 5.15 Å². The maximum Gasteiger partial charge on any atom is 0.419 e. The summed E-state index contributed by atoms with van der Waals surface area (Å²) < 4.78 is 38.2. The molecule has 2 heterocycles. The second kappa shape index (κ2) is 5.04. The van der Waals surface area contributed by atoms with Gasteiger partial charge in [0.15, 0.2) is 5.15 Å². The van der Waals surface area contributed by atoms with Gasteiger partial charge in [-0.15, -0.1) is 10.2 Å². The third-order valence-electron chi connectivity index (χ3n) is 4.06. The summed E-state index contributed by atoms with van der Waals surface area (Å²) >= 11 is 5.45. The summed E-state index contributed by atoms with van der Waals surface area (Å²) in [6.07, 6.45) is -2.62. The van der Waals surface area contributed by atoms with Crippen LogP contribution < -0.4 is 10.6 Å². The average Bonchev–Trinajstić information content (AvgIpc) is 2.90. The monoisotopic (exact) mass is 306 g/mol. The van der Waals surface area contributed by atoms with Gasteiger partial charge in [-0.3, -0.25) is 0 Å². The quantitative estimate of drug-likeness (QED) is 0.882. The van der Waals surface area contributed by atoms with Crippen molar-refractivity contribution in [1.29, 1.82) is 0 Å². The number of hydrogen-bond donors (Lipinski definition) is 2. The normalized spacial score (nSPS) is 29.5. The molecule has 8 heteroatoms. The highest BCUT2D eigenvalue weighted by Gasteiger charge is 2.38. The highest BCUT2D eigenvalue weighted by molar-refractivity contribution is 6.30. The number of alkyl halides is 3. The molecule has 3 atom stereocenters. The molecule has 2 aliphatic rings. The fraction of sp³-hybridized carbons (Fsp3) is 0.667. The van der Waals surface area contributed by atoms with E-state index in [-0.39, 0.29) is 11.9 Å². The smallest absolute Gasteiger partial charge is 0.366 e. The standard InChI is InChI=1S/C12H14ClF3N4/c13-11-9(12(14,15)16)3-10(19-20-11)18-8-1-6-4-17-5-7(6)2-8/h3,6-8,17H,1-2,4-5H2,(H,18,19)/t6-,7?,8?/m1/s1. The van der Waals surface area contributed by atoms with Crippen molar-refractivity contribution in [3.63, 3.8) is 0 Å². The van der Waals surface area contributed by atoms with Gasteiger partial charge >= 0.3 is 6.18 Å². The Hall–Kier alpha value is -1.08. The highest BCUT2D eigenvalue weighted by Crippen LogP contribution is 2.37. The molecule has 1 aromatic heterocycles. The Morgan fingerprint density at radius 2 is 1.85 bits per heavy atom. The first kappa shape index (κ1) is 13.9. The lowest BCUT2D eigenvalue weighted by Crippen LogP contribution is -2.21. The van der Waals surface area contributed by atoms with E-state index in [1.807, 2.05) is 0 Å². The zero-order chi connectivity index (χ0) is 14.3. The molecule has 0 radical (unpaired) electrons. The summed E-state index contributed by atoms with van der Waals surface area (Å²) in [6.45, 7) is 1.98. The summed E-state index contributed by atoms with van der Waals surface area (Å²) in [5.41, 5.74) is -0.948. The molecule has 3 rings (SSSR count). The van der Waals surface area contributed by atoms with E-state index < -0.39 is 16.9 Å². The maximum atomic E-state index is 12.7. The van der Waals surface area contributed by atoms with E-state index in [0.717, 1.165) is 32.0 Å². The van der Waals surface area contributed by atoms with Crippen LogP contribution in [0, 0.1) is 11.8 Å². The largest absolute Gasteiger partial charge is 0.419 e. The Balaban J connectivity index is 1.72. The Kier molecular flexibility index (Phi) is 3.50. The van der Waals surface area contributed by atoms with Crippen LogP contribution in [0.1, 0.15) is 18.4 Å². The number of fused-ring (bicyclic) bond motifs is 1. The van der Waals surface area contributed by atoms with Crippen molar-refractivity contribution in [1.82, 2.24) is 15.5 Å². The van der Waals surface area contributed by atoms with Crippen molar-refractivity contribution < 1.29 is 13.2 Å². The van der Waals surface area contributed by atoms with Gasteiger partial charge in [0.2, 0.25) is 0 Å². The van der Waals surface area contributed by atoms with Gasteiger partial charge < -0.3 is 10.6 Å². The molecule has 0 spiro atoms. The molecule has 1 saturated carbocycles. The van der Waals surface area contributed by atoms with E-state index in [2.05, 4.69) is 20.8 Å². The van der Waals surface area contributed by atoms with Gasteiger partial charge in [0, 0.05) is 6.04 Å². The number of nitrogens with zero attached hydrogens (tertiary/aromatic N) is 2. The van der Waals surface area contributed by atoms with Crippen LogP contribution in [0.25, 0.3) is 0 Å². The van der Waals surface area contributed by atoms with E-state index in [1.165, 1.54) is 0 Å². The van der Waals surface area contributed by atoms with Crippen molar-refractivity contribution in [3.05, 3.63) is 16.8 Å². The van der Waals surface area contributed by atoms with E-state index in [1.54, 1.807) is 0 Å².